The summed E-state index contributed by atoms with van der Waals surface area (Å²) in [5.41, 5.74) is 1.77. The fraction of sp³-hybridized carbons (Fsp3) is 0.333. The third kappa shape index (κ3) is 2.27. The highest BCUT2D eigenvalue weighted by atomic mass is 35.5. The van der Waals surface area contributed by atoms with Gasteiger partial charge in [-0.05, 0) is 54.4 Å². The molecule has 0 aromatic heterocycles. The lowest BCUT2D eigenvalue weighted by molar-refractivity contribution is -0.123. The summed E-state index contributed by atoms with van der Waals surface area (Å²) >= 11 is 12.2. The Hall–Kier alpha value is -1.84. The van der Waals surface area contributed by atoms with Gasteiger partial charge in [0.15, 0.2) is 0 Å². The SMILES string of the molecule is O=C1[C@@H]2C3CC(C[C@H]3c3ccccc3)[C@@H]2C(=O)N1c1cc(Cl)cc(Cl)c1. The Bertz CT molecular complexity index is 893. The van der Waals surface area contributed by atoms with Crippen LogP contribution in [0, 0.1) is 23.7 Å². The zero-order chi connectivity index (χ0) is 18.0. The first-order chi connectivity index (χ1) is 12.5. The van der Waals surface area contributed by atoms with E-state index in [9.17, 15) is 9.59 Å². The Morgan fingerprint density at radius 3 is 2.19 bits per heavy atom. The van der Waals surface area contributed by atoms with Crippen LogP contribution in [0.15, 0.2) is 48.5 Å². The van der Waals surface area contributed by atoms with Crippen molar-refractivity contribution in [2.24, 2.45) is 23.7 Å². The van der Waals surface area contributed by atoms with Crippen molar-refractivity contribution >= 4 is 40.7 Å². The van der Waals surface area contributed by atoms with Crippen molar-refractivity contribution in [2.45, 2.75) is 18.8 Å². The minimum Gasteiger partial charge on any atom is -0.274 e. The maximum absolute atomic E-state index is 13.2. The summed E-state index contributed by atoms with van der Waals surface area (Å²) in [4.78, 5) is 27.6. The number of hydrogen-bond acceptors (Lipinski definition) is 2. The lowest BCUT2D eigenvalue weighted by Crippen LogP contribution is -2.33. The molecule has 2 aliphatic carbocycles. The minimum atomic E-state index is -0.218. The molecule has 26 heavy (non-hydrogen) atoms. The number of anilines is 1. The van der Waals surface area contributed by atoms with Gasteiger partial charge in [-0.3, -0.25) is 9.59 Å². The van der Waals surface area contributed by atoms with Gasteiger partial charge in [0.25, 0.3) is 0 Å². The molecule has 0 radical (unpaired) electrons. The summed E-state index contributed by atoms with van der Waals surface area (Å²) in [5.74, 6) is 0.301. The molecular weight excluding hydrogens is 369 g/mol. The van der Waals surface area contributed by atoms with Gasteiger partial charge in [-0.1, -0.05) is 53.5 Å². The van der Waals surface area contributed by atoms with Crippen LogP contribution in [0.2, 0.25) is 10.0 Å². The lowest BCUT2D eigenvalue weighted by atomic mass is 9.73. The van der Waals surface area contributed by atoms with Crippen molar-refractivity contribution in [3.8, 4) is 0 Å². The molecule has 0 spiro atoms. The van der Waals surface area contributed by atoms with E-state index in [0.717, 1.165) is 12.8 Å². The summed E-state index contributed by atoms with van der Waals surface area (Å²) < 4.78 is 0. The molecule has 2 amide bonds. The number of benzene rings is 2. The molecule has 3 nitrogen and oxygen atoms in total. The largest absolute Gasteiger partial charge is 0.274 e. The zero-order valence-electron chi connectivity index (χ0n) is 13.9. The second kappa shape index (κ2) is 5.83. The molecular formula is C21H17Cl2NO2. The number of amides is 2. The standard InChI is InChI=1S/C21H17Cl2NO2/c22-13-8-14(23)10-15(9-13)24-20(25)18-12-6-16(11-4-2-1-3-5-11)17(7-12)19(18)21(24)26/h1-5,8-10,12,16-19H,6-7H2/t12?,16-,17?,18-,19+/m0/s1. The number of halogens is 2. The van der Waals surface area contributed by atoms with E-state index in [4.69, 9.17) is 23.2 Å². The average molecular weight is 386 g/mol. The maximum Gasteiger partial charge on any atom is 0.237 e. The molecule has 2 saturated carbocycles. The van der Waals surface area contributed by atoms with Gasteiger partial charge in [0, 0.05) is 10.0 Å². The molecule has 132 valence electrons. The van der Waals surface area contributed by atoms with Crippen LogP contribution in [0.5, 0.6) is 0 Å². The van der Waals surface area contributed by atoms with Gasteiger partial charge in [0.05, 0.1) is 17.5 Å². The molecule has 2 aromatic carbocycles. The molecule has 1 aliphatic heterocycles. The summed E-state index contributed by atoms with van der Waals surface area (Å²) in [5, 5.41) is 0.852. The molecule has 1 heterocycles. The average Bonchev–Trinajstić information content (AvgIpc) is 3.26. The van der Waals surface area contributed by atoms with Gasteiger partial charge >= 0.3 is 0 Å². The first kappa shape index (κ1) is 16.3. The van der Waals surface area contributed by atoms with E-state index in [-0.39, 0.29) is 35.5 Å². The predicted molar refractivity (Wildman–Crippen MR) is 101 cm³/mol. The van der Waals surface area contributed by atoms with E-state index < -0.39 is 0 Å². The van der Waals surface area contributed by atoms with Crippen molar-refractivity contribution in [3.63, 3.8) is 0 Å². The molecule has 3 aliphatic rings. The van der Waals surface area contributed by atoms with E-state index in [1.807, 2.05) is 18.2 Å². The third-order valence-corrected chi connectivity index (χ3v) is 6.79. The smallest absolute Gasteiger partial charge is 0.237 e. The fourth-order valence-corrected chi connectivity index (χ4v) is 5.98. The first-order valence-electron chi connectivity index (χ1n) is 8.93. The Labute approximate surface area is 161 Å². The number of hydrogen-bond donors (Lipinski definition) is 0. The van der Waals surface area contributed by atoms with Crippen LogP contribution in [-0.2, 0) is 9.59 Å². The molecule has 0 N–H and O–H groups in total. The quantitative estimate of drug-likeness (QED) is 0.687. The van der Waals surface area contributed by atoms with Gasteiger partial charge < -0.3 is 0 Å². The van der Waals surface area contributed by atoms with E-state index in [1.54, 1.807) is 18.2 Å². The van der Waals surface area contributed by atoms with E-state index in [1.165, 1.54) is 10.5 Å². The van der Waals surface area contributed by atoms with Crippen molar-refractivity contribution in [1.82, 2.24) is 0 Å². The van der Waals surface area contributed by atoms with Gasteiger partial charge in [-0.2, -0.15) is 0 Å². The van der Waals surface area contributed by atoms with Crippen LogP contribution in [0.1, 0.15) is 24.3 Å². The summed E-state index contributed by atoms with van der Waals surface area (Å²) in [7, 11) is 0. The van der Waals surface area contributed by atoms with Crippen LogP contribution < -0.4 is 4.90 Å². The van der Waals surface area contributed by atoms with Crippen LogP contribution in [0.3, 0.4) is 0 Å². The third-order valence-electron chi connectivity index (χ3n) is 6.35. The van der Waals surface area contributed by atoms with Gasteiger partial charge in [0.2, 0.25) is 11.8 Å². The predicted octanol–water partition coefficient (Wildman–Crippen LogP) is 4.92. The molecule has 5 rings (SSSR count). The Morgan fingerprint density at radius 1 is 0.846 bits per heavy atom. The van der Waals surface area contributed by atoms with Crippen LogP contribution in [0.25, 0.3) is 0 Å². The van der Waals surface area contributed by atoms with Crippen molar-refractivity contribution < 1.29 is 9.59 Å². The Kier molecular flexibility index (Phi) is 3.67. The molecule has 2 bridgehead atoms. The number of rotatable bonds is 2. The van der Waals surface area contributed by atoms with E-state index in [0.29, 0.717) is 21.7 Å². The Balaban J connectivity index is 1.51. The number of fused-ring (bicyclic) bond motifs is 5. The van der Waals surface area contributed by atoms with Crippen molar-refractivity contribution in [3.05, 3.63) is 64.1 Å². The van der Waals surface area contributed by atoms with Crippen LogP contribution >= 0.6 is 23.2 Å². The molecule has 5 heteroatoms. The normalized spacial score (nSPS) is 32.4. The van der Waals surface area contributed by atoms with E-state index >= 15 is 0 Å². The molecule has 1 saturated heterocycles. The topological polar surface area (TPSA) is 37.4 Å². The van der Waals surface area contributed by atoms with Crippen LogP contribution in [0.4, 0.5) is 5.69 Å². The van der Waals surface area contributed by atoms with Gasteiger partial charge in [0.1, 0.15) is 0 Å². The monoisotopic (exact) mass is 385 g/mol. The minimum absolute atomic E-state index is 0.0858. The van der Waals surface area contributed by atoms with Crippen LogP contribution in [-0.4, -0.2) is 11.8 Å². The van der Waals surface area contributed by atoms with Crippen molar-refractivity contribution in [1.29, 1.82) is 0 Å². The highest BCUT2D eigenvalue weighted by Crippen LogP contribution is 2.61. The summed E-state index contributed by atoms with van der Waals surface area (Å²) in [6.45, 7) is 0. The fourth-order valence-electron chi connectivity index (χ4n) is 5.47. The Morgan fingerprint density at radius 2 is 1.50 bits per heavy atom. The molecule has 5 atom stereocenters. The highest BCUT2D eigenvalue weighted by Gasteiger charge is 2.64. The van der Waals surface area contributed by atoms with Crippen molar-refractivity contribution in [2.75, 3.05) is 4.90 Å². The number of imide groups is 1. The van der Waals surface area contributed by atoms with E-state index in [2.05, 4.69) is 12.1 Å². The lowest BCUT2D eigenvalue weighted by Gasteiger charge is -2.28. The maximum atomic E-state index is 13.2. The number of carbonyl (C=O) groups is 2. The molecule has 3 fully saturated rings. The zero-order valence-corrected chi connectivity index (χ0v) is 15.5. The number of nitrogens with zero attached hydrogens (tertiary/aromatic N) is 1. The molecule has 2 aromatic rings. The summed E-state index contributed by atoms with van der Waals surface area (Å²) in [6.07, 6.45) is 1.95. The van der Waals surface area contributed by atoms with Gasteiger partial charge in [-0.15, -0.1) is 0 Å². The highest BCUT2D eigenvalue weighted by molar-refractivity contribution is 6.35. The first-order valence-corrected chi connectivity index (χ1v) is 9.69. The second-order valence-electron chi connectivity index (χ2n) is 7.60. The summed E-state index contributed by atoms with van der Waals surface area (Å²) in [6, 6.07) is 15.2. The number of carbonyl (C=O) groups excluding carboxylic acids is 2. The molecule has 2 unspecified atom stereocenters. The van der Waals surface area contributed by atoms with Gasteiger partial charge in [-0.25, -0.2) is 4.90 Å². The second-order valence-corrected chi connectivity index (χ2v) is 8.48.